The minimum absolute atomic E-state index is 0. The summed E-state index contributed by atoms with van der Waals surface area (Å²) in [6.45, 7) is 0. The Labute approximate surface area is 97.9 Å². The maximum atomic E-state index is 10.6. The van der Waals surface area contributed by atoms with E-state index in [1.54, 1.807) is 24.4 Å². The highest BCUT2D eigenvalue weighted by Gasteiger charge is 2.08. The lowest BCUT2D eigenvalue weighted by Gasteiger charge is -2.03. The monoisotopic (exact) mass is 239 g/mol. The lowest BCUT2D eigenvalue weighted by atomic mass is 10.3. The maximum absolute atomic E-state index is 10.6. The fourth-order valence-electron chi connectivity index (χ4n) is 1.27. The van der Waals surface area contributed by atoms with Gasteiger partial charge < -0.3 is 10.8 Å². The fraction of sp³-hybridized carbons (Fsp3) is 0. The molecule has 2 rings (SSSR count). The van der Waals surface area contributed by atoms with Crippen LogP contribution in [0.1, 0.15) is 10.5 Å². The van der Waals surface area contributed by atoms with E-state index in [0.29, 0.717) is 11.4 Å². The zero-order valence-electron chi connectivity index (χ0n) is 8.20. The van der Waals surface area contributed by atoms with Gasteiger partial charge in [0.25, 0.3) is 0 Å². The van der Waals surface area contributed by atoms with Crippen molar-refractivity contribution in [2.24, 2.45) is 0 Å². The number of carbonyl (C=O) groups is 1. The van der Waals surface area contributed by atoms with Crippen LogP contribution in [0.25, 0.3) is 5.69 Å². The van der Waals surface area contributed by atoms with E-state index in [1.807, 2.05) is 6.07 Å². The number of benzene rings is 1. The topological polar surface area (TPSA) is 81.1 Å². The van der Waals surface area contributed by atoms with Crippen molar-refractivity contribution in [2.75, 3.05) is 5.73 Å². The Morgan fingerprint density at radius 3 is 2.56 bits per heavy atom. The molecule has 2 aromatic rings. The third kappa shape index (κ3) is 2.14. The number of rotatable bonds is 2. The van der Waals surface area contributed by atoms with Gasteiger partial charge >= 0.3 is 5.97 Å². The molecule has 0 radical (unpaired) electrons. The summed E-state index contributed by atoms with van der Waals surface area (Å²) < 4.78 is 1.44. The van der Waals surface area contributed by atoms with E-state index in [9.17, 15) is 4.79 Å². The summed E-state index contributed by atoms with van der Waals surface area (Å²) in [4.78, 5) is 10.6. The van der Waals surface area contributed by atoms with Gasteiger partial charge in [0.2, 0.25) is 0 Å². The predicted molar refractivity (Wildman–Crippen MR) is 62.2 cm³/mol. The van der Waals surface area contributed by atoms with Gasteiger partial charge in [-0.25, -0.2) is 9.48 Å². The lowest BCUT2D eigenvalue weighted by Crippen LogP contribution is -2.03. The van der Waals surface area contributed by atoms with E-state index in [0.717, 1.165) is 0 Å². The molecule has 0 saturated heterocycles. The summed E-state index contributed by atoms with van der Waals surface area (Å²) in [6.07, 6.45) is 1.56. The molecule has 5 nitrogen and oxygen atoms in total. The molecule has 0 saturated carbocycles. The molecule has 3 N–H and O–H groups in total. The Bertz CT molecular complexity index is 510. The van der Waals surface area contributed by atoms with Gasteiger partial charge in [0.1, 0.15) is 0 Å². The molecule has 0 amide bonds. The van der Waals surface area contributed by atoms with Crippen LogP contribution < -0.4 is 5.73 Å². The Balaban J connectivity index is 0.00000128. The average molecular weight is 240 g/mol. The van der Waals surface area contributed by atoms with Crippen molar-refractivity contribution in [2.45, 2.75) is 0 Å². The third-order valence-electron chi connectivity index (χ3n) is 1.99. The van der Waals surface area contributed by atoms with E-state index in [4.69, 9.17) is 10.8 Å². The number of nitrogen functional groups attached to an aromatic ring is 1. The molecular formula is C10H10ClN3O2. The van der Waals surface area contributed by atoms with Crippen LogP contribution in [0.3, 0.4) is 0 Å². The number of halogens is 1. The van der Waals surface area contributed by atoms with E-state index in [-0.39, 0.29) is 18.1 Å². The summed E-state index contributed by atoms with van der Waals surface area (Å²) in [5.74, 6) is -1.05. The molecule has 0 aliphatic carbocycles. The molecule has 16 heavy (non-hydrogen) atoms. The second kappa shape index (κ2) is 4.67. The van der Waals surface area contributed by atoms with Gasteiger partial charge in [0.05, 0.1) is 11.4 Å². The maximum Gasteiger partial charge on any atom is 0.356 e. The molecular weight excluding hydrogens is 230 g/mol. The first-order valence-electron chi connectivity index (χ1n) is 4.32. The molecule has 0 bridgehead atoms. The highest BCUT2D eigenvalue weighted by atomic mass is 35.5. The Morgan fingerprint density at radius 2 is 2.00 bits per heavy atom. The number of nitrogens with two attached hydrogens (primary N) is 1. The van der Waals surface area contributed by atoms with Crippen LogP contribution in [0.5, 0.6) is 0 Å². The van der Waals surface area contributed by atoms with Crippen LogP contribution in [0.2, 0.25) is 0 Å². The summed E-state index contributed by atoms with van der Waals surface area (Å²) in [6, 6.07) is 8.55. The minimum atomic E-state index is -1.05. The van der Waals surface area contributed by atoms with Gasteiger partial charge in [0, 0.05) is 6.20 Å². The molecule has 0 unspecified atom stereocenters. The average Bonchev–Trinajstić information content (AvgIpc) is 2.67. The summed E-state index contributed by atoms with van der Waals surface area (Å²) in [5, 5.41) is 12.6. The number of carboxylic acid groups (broad SMARTS) is 1. The first-order valence-corrected chi connectivity index (χ1v) is 4.32. The number of hydrogen-bond acceptors (Lipinski definition) is 3. The quantitative estimate of drug-likeness (QED) is 0.780. The predicted octanol–water partition coefficient (Wildman–Crippen LogP) is 1.57. The second-order valence-corrected chi connectivity index (χ2v) is 3.01. The van der Waals surface area contributed by atoms with Crippen molar-refractivity contribution in [3.63, 3.8) is 0 Å². The normalized spacial score (nSPS) is 9.50. The van der Waals surface area contributed by atoms with Crippen molar-refractivity contribution < 1.29 is 9.90 Å². The second-order valence-electron chi connectivity index (χ2n) is 3.01. The van der Waals surface area contributed by atoms with Crippen LogP contribution in [-0.4, -0.2) is 20.9 Å². The van der Waals surface area contributed by atoms with E-state index in [2.05, 4.69) is 5.10 Å². The Kier molecular flexibility index (Phi) is 3.52. The van der Waals surface area contributed by atoms with Crippen LogP contribution in [-0.2, 0) is 0 Å². The number of aromatic nitrogens is 2. The highest BCUT2D eigenvalue weighted by Crippen LogP contribution is 2.15. The van der Waals surface area contributed by atoms with Crippen LogP contribution in [0.15, 0.2) is 36.5 Å². The van der Waals surface area contributed by atoms with Gasteiger partial charge in [-0.1, -0.05) is 12.1 Å². The zero-order chi connectivity index (χ0) is 10.8. The van der Waals surface area contributed by atoms with Crippen molar-refractivity contribution in [3.05, 3.63) is 42.2 Å². The summed E-state index contributed by atoms with van der Waals surface area (Å²) in [5.41, 5.74) is 6.95. The fourth-order valence-corrected chi connectivity index (χ4v) is 1.27. The number of hydrogen-bond donors (Lipinski definition) is 2. The first kappa shape index (κ1) is 12.1. The van der Waals surface area contributed by atoms with Crippen molar-refractivity contribution >= 4 is 24.1 Å². The van der Waals surface area contributed by atoms with E-state index in [1.165, 1.54) is 10.7 Å². The molecule has 1 heterocycles. The molecule has 1 aromatic carbocycles. The molecule has 84 valence electrons. The van der Waals surface area contributed by atoms with Crippen molar-refractivity contribution in [3.8, 4) is 5.69 Å². The van der Waals surface area contributed by atoms with Gasteiger partial charge in [0.15, 0.2) is 5.69 Å². The standard InChI is InChI=1S/C10H9N3O2.ClH/c11-7-3-1-2-4-9(7)13-6-5-8(12-13)10(14)15;/h1-6H,11H2,(H,14,15);1H. The Hall–Kier alpha value is -2.01. The summed E-state index contributed by atoms with van der Waals surface area (Å²) in [7, 11) is 0. The molecule has 0 aliphatic rings. The van der Waals surface area contributed by atoms with E-state index < -0.39 is 5.97 Å². The van der Waals surface area contributed by atoms with Crippen molar-refractivity contribution in [1.82, 2.24) is 9.78 Å². The largest absolute Gasteiger partial charge is 0.476 e. The number of aromatic carboxylic acids is 1. The van der Waals surface area contributed by atoms with Gasteiger partial charge in [-0.3, -0.25) is 0 Å². The number of carboxylic acids is 1. The zero-order valence-corrected chi connectivity index (χ0v) is 9.02. The third-order valence-corrected chi connectivity index (χ3v) is 1.99. The molecule has 0 spiro atoms. The van der Waals surface area contributed by atoms with Gasteiger partial charge in [-0.05, 0) is 18.2 Å². The van der Waals surface area contributed by atoms with Gasteiger partial charge in [-0.2, -0.15) is 5.10 Å². The van der Waals surface area contributed by atoms with Crippen LogP contribution >= 0.6 is 12.4 Å². The van der Waals surface area contributed by atoms with Crippen LogP contribution in [0.4, 0.5) is 5.69 Å². The molecule has 1 aromatic heterocycles. The lowest BCUT2D eigenvalue weighted by molar-refractivity contribution is 0.0690. The highest BCUT2D eigenvalue weighted by molar-refractivity contribution is 5.85. The SMILES string of the molecule is Cl.Nc1ccccc1-n1ccc(C(=O)O)n1. The molecule has 0 atom stereocenters. The van der Waals surface area contributed by atoms with Crippen molar-refractivity contribution in [1.29, 1.82) is 0 Å². The number of nitrogens with zero attached hydrogens (tertiary/aromatic N) is 2. The van der Waals surface area contributed by atoms with Gasteiger partial charge in [-0.15, -0.1) is 12.4 Å². The smallest absolute Gasteiger partial charge is 0.356 e. The number of para-hydroxylation sites is 2. The van der Waals surface area contributed by atoms with E-state index >= 15 is 0 Å². The molecule has 0 fully saturated rings. The molecule has 6 heteroatoms. The molecule has 0 aliphatic heterocycles. The van der Waals surface area contributed by atoms with Crippen LogP contribution in [0, 0.1) is 0 Å². The minimum Gasteiger partial charge on any atom is -0.476 e. The first-order chi connectivity index (χ1) is 7.18. The summed E-state index contributed by atoms with van der Waals surface area (Å²) >= 11 is 0. The number of anilines is 1. The Morgan fingerprint density at radius 1 is 1.31 bits per heavy atom.